The standard InChI is InChI=1S/C10H6Br3F2NO/c11-6-7(12)9(13)16-8(6)10(17)2-1-4(14)3-5(10)15/h1-3,5,16-17H. The topological polar surface area (TPSA) is 36.0 Å². The molecular formula is C10H6Br3F2NO. The Morgan fingerprint density at radius 2 is 1.94 bits per heavy atom. The van der Waals surface area contributed by atoms with Gasteiger partial charge in [0.25, 0.3) is 0 Å². The minimum atomic E-state index is -1.91. The number of alkyl halides is 1. The molecule has 1 heterocycles. The molecule has 0 aromatic carbocycles. The molecule has 0 fully saturated rings. The number of aromatic amines is 1. The first-order valence-electron chi connectivity index (χ1n) is 4.52. The Morgan fingerprint density at radius 1 is 1.29 bits per heavy atom. The van der Waals surface area contributed by atoms with Crippen LogP contribution in [-0.2, 0) is 5.60 Å². The van der Waals surface area contributed by atoms with Crippen LogP contribution in [0.25, 0.3) is 0 Å². The molecule has 0 saturated heterocycles. The van der Waals surface area contributed by atoms with E-state index in [9.17, 15) is 13.9 Å². The van der Waals surface area contributed by atoms with Gasteiger partial charge in [-0.1, -0.05) is 0 Å². The largest absolute Gasteiger partial charge is 0.376 e. The Bertz CT molecular complexity index is 526. The highest BCUT2D eigenvalue weighted by molar-refractivity contribution is 9.14. The third kappa shape index (κ3) is 2.18. The summed E-state index contributed by atoms with van der Waals surface area (Å²) >= 11 is 9.69. The average molecular weight is 434 g/mol. The van der Waals surface area contributed by atoms with Crippen molar-refractivity contribution in [3.63, 3.8) is 0 Å². The fourth-order valence-electron chi connectivity index (χ4n) is 1.54. The smallest absolute Gasteiger partial charge is 0.159 e. The van der Waals surface area contributed by atoms with Crippen molar-refractivity contribution in [2.75, 3.05) is 0 Å². The van der Waals surface area contributed by atoms with Crippen molar-refractivity contribution in [1.29, 1.82) is 0 Å². The second-order valence-corrected chi connectivity index (χ2v) is 5.93. The van der Waals surface area contributed by atoms with Crippen LogP contribution in [0.3, 0.4) is 0 Å². The van der Waals surface area contributed by atoms with Crippen molar-refractivity contribution in [2.24, 2.45) is 0 Å². The Kier molecular flexibility index (Phi) is 3.64. The summed E-state index contributed by atoms with van der Waals surface area (Å²) in [6.07, 6.45) is 0.990. The highest BCUT2D eigenvalue weighted by Crippen LogP contribution is 2.42. The fraction of sp³-hybridized carbons (Fsp3) is 0.200. The number of allylic oxidation sites excluding steroid dienone is 2. The summed E-state index contributed by atoms with van der Waals surface area (Å²) in [5.74, 6) is -0.706. The van der Waals surface area contributed by atoms with Crippen molar-refractivity contribution >= 4 is 47.8 Å². The molecule has 2 rings (SSSR count). The first kappa shape index (κ1) is 13.5. The van der Waals surface area contributed by atoms with Crippen molar-refractivity contribution in [3.05, 3.63) is 43.3 Å². The summed E-state index contributed by atoms with van der Waals surface area (Å²) in [5, 5.41) is 10.3. The zero-order chi connectivity index (χ0) is 12.8. The predicted molar refractivity (Wildman–Crippen MR) is 71.0 cm³/mol. The molecule has 0 bridgehead atoms. The van der Waals surface area contributed by atoms with E-state index in [4.69, 9.17) is 0 Å². The monoisotopic (exact) mass is 431 g/mol. The molecule has 92 valence electrons. The Balaban J connectivity index is 2.53. The molecule has 1 aliphatic rings. The first-order chi connectivity index (χ1) is 7.86. The SMILES string of the molecule is OC1(c2[nH]c(Br)c(Br)c2Br)C=CC(F)=CC1F. The number of aromatic nitrogens is 1. The summed E-state index contributed by atoms with van der Waals surface area (Å²) in [6, 6.07) is 0. The van der Waals surface area contributed by atoms with E-state index in [0.717, 1.165) is 18.2 Å². The molecule has 0 spiro atoms. The van der Waals surface area contributed by atoms with E-state index < -0.39 is 17.6 Å². The number of rotatable bonds is 1. The lowest BCUT2D eigenvalue weighted by molar-refractivity contribution is 0.0179. The van der Waals surface area contributed by atoms with Gasteiger partial charge in [-0.25, -0.2) is 8.78 Å². The van der Waals surface area contributed by atoms with Crippen LogP contribution in [0.2, 0.25) is 0 Å². The van der Waals surface area contributed by atoms with Crippen molar-refractivity contribution < 1.29 is 13.9 Å². The lowest BCUT2D eigenvalue weighted by Gasteiger charge is -2.28. The van der Waals surface area contributed by atoms with E-state index in [1.165, 1.54) is 0 Å². The van der Waals surface area contributed by atoms with Gasteiger partial charge < -0.3 is 10.1 Å². The maximum Gasteiger partial charge on any atom is 0.159 e. The van der Waals surface area contributed by atoms with Crippen LogP contribution >= 0.6 is 47.8 Å². The number of hydrogen-bond donors (Lipinski definition) is 2. The zero-order valence-corrected chi connectivity index (χ0v) is 12.9. The number of H-pyrrole nitrogens is 1. The molecule has 2 N–H and O–H groups in total. The highest BCUT2D eigenvalue weighted by Gasteiger charge is 2.41. The molecule has 2 atom stereocenters. The van der Waals surface area contributed by atoms with Crippen molar-refractivity contribution in [2.45, 2.75) is 11.8 Å². The van der Waals surface area contributed by atoms with Gasteiger partial charge in [-0.2, -0.15) is 0 Å². The predicted octanol–water partition coefficient (Wildman–Crippen LogP) is 4.25. The maximum atomic E-state index is 13.8. The van der Waals surface area contributed by atoms with Crippen molar-refractivity contribution in [3.8, 4) is 0 Å². The fourth-order valence-corrected chi connectivity index (χ4v) is 3.12. The van der Waals surface area contributed by atoms with Crippen LogP contribution < -0.4 is 0 Å². The summed E-state index contributed by atoms with van der Waals surface area (Å²) < 4.78 is 28.3. The van der Waals surface area contributed by atoms with Gasteiger partial charge >= 0.3 is 0 Å². The molecule has 1 aromatic heterocycles. The highest BCUT2D eigenvalue weighted by atomic mass is 79.9. The van der Waals surface area contributed by atoms with Gasteiger partial charge in [0, 0.05) is 0 Å². The van der Waals surface area contributed by atoms with E-state index in [2.05, 4.69) is 52.8 Å². The molecule has 1 aliphatic carbocycles. The molecule has 0 saturated carbocycles. The van der Waals surface area contributed by atoms with Gasteiger partial charge in [-0.15, -0.1) is 0 Å². The molecule has 1 aromatic rings. The van der Waals surface area contributed by atoms with E-state index in [0.29, 0.717) is 13.5 Å². The molecule has 2 unspecified atom stereocenters. The summed E-state index contributed by atoms with van der Waals surface area (Å²) in [6.45, 7) is 0. The zero-order valence-electron chi connectivity index (χ0n) is 8.15. The van der Waals surface area contributed by atoms with Gasteiger partial charge in [-0.05, 0) is 66.0 Å². The third-order valence-electron chi connectivity index (χ3n) is 2.46. The van der Waals surface area contributed by atoms with Crippen LogP contribution in [0.1, 0.15) is 5.69 Å². The van der Waals surface area contributed by atoms with Crippen LogP contribution in [0.15, 0.2) is 37.6 Å². The number of nitrogens with one attached hydrogen (secondary N) is 1. The average Bonchev–Trinajstić information content (AvgIpc) is 2.53. The number of halogens is 5. The summed E-state index contributed by atoms with van der Waals surface area (Å²) in [4.78, 5) is 2.80. The van der Waals surface area contributed by atoms with Crippen LogP contribution in [0.4, 0.5) is 8.78 Å². The Labute approximate surface area is 121 Å². The molecular weight excluding hydrogens is 428 g/mol. The van der Waals surface area contributed by atoms with Gasteiger partial charge in [-0.3, -0.25) is 0 Å². The molecule has 7 heteroatoms. The van der Waals surface area contributed by atoms with E-state index in [1.807, 2.05) is 0 Å². The van der Waals surface area contributed by atoms with Gasteiger partial charge in [0.05, 0.1) is 19.2 Å². The lowest BCUT2D eigenvalue weighted by Crippen LogP contribution is -2.36. The second-order valence-electron chi connectivity index (χ2n) is 3.55. The second kappa shape index (κ2) is 4.60. The maximum absolute atomic E-state index is 13.8. The molecule has 0 amide bonds. The van der Waals surface area contributed by atoms with Crippen LogP contribution in [0.5, 0.6) is 0 Å². The Hall–Kier alpha value is 0.0200. The molecule has 17 heavy (non-hydrogen) atoms. The van der Waals surface area contributed by atoms with Gasteiger partial charge in [0.2, 0.25) is 0 Å². The first-order valence-corrected chi connectivity index (χ1v) is 6.90. The lowest BCUT2D eigenvalue weighted by atomic mass is 9.90. The number of hydrogen-bond acceptors (Lipinski definition) is 1. The number of aliphatic hydroxyl groups is 1. The molecule has 0 aliphatic heterocycles. The third-order valence-corrected chi connectivity index (χ3v) is 5.71. The van der Waals surface area contributed by atoms with E-state index in [-0.39, 0.29) is 5.69 Å². The molecule has 2 nitrogen and oxygen atoms in total. The normalized spacial score (nSPS) is 28.4. The Morgan fingerprint density at radius 3 is 2.41 bits per heavy atom. The van der Waals surface area contributed by atoms with E-state index >= 15 is 0 Å². The van der Waals surface area contributed by atoms with Gasteiger partial charge in [0.15, 0.2) is 11.8 Å². The van der Waals surface area contributed by atoms with Crippen LogP contribution in [-0.4, -0.2) is 16.3 Å². The summed E-state index contributed by atoms with van der Waals surface area (Å²) in [7, 11) is 0. The van der Waals surface area contributed by atoms with Crippen LogP contribution in [0, 0.1) is 0 Å². The summed E-state index contributed by atoms with van der Waals surface area (Å²) in [5.41, 5.74) is -1.70. The van der Waals surface area contributed by atoms with Crippen molar-refractivity contribution in [1.82, 2.24) is 4.98 Å². The van der Waals surface area contributed by atoms with Gasteiger partial charge in [0.1, 0.15) is 5.83 Å². The minimum absolute atomic E-state index is 0.212. The molecule has 0 radical (unpaired) electrons. The van der Waals surface area contributed by atoms with E-state index in [1.54, 1.807) is 0 Å². The quantitative estimate of drug-likeness (QED) is 0.682. The minimum Gasteiger partial charge on any atom is -0.376 e.